The first-order chi connectivity index (χ1) is 8.65. The molecular weight excluding hydrogens is 244 g/mol. The molecule has 0 radical (unpaired) electrons. The lowest BCUT2D eigenvalue weighted by Gasteiger charge is -2.28. The average molecular weight is 266 g/mol. The van der Waals surface area contributed by atoms with E-state index in [1.165, 1.54) is 35.6 Å². The molecule has 0 saturated heterocycles. The van der Waals surface area contributed by atoms with Gasteiger partial charge in [-0.3, -0.25) is 4.90 Å². The van der Waals surface area contributed by atoms with E-state index in [9.17, 15) is 5.11 Å². The maximum Gasteiger partial charge on any atom is 0.0959 e. The van der Waals surface area contributed by atoms with Crippen LogP contribution in [-0.2, 0) is 6.54 Å². The van der Waals surface area contributed by atoms with Gasteiger partial charge in [-0.25, -0.2) is 4.98 Å². The van der Waals surface area contributed by atoms with Gasteiger partial charge in [0.25, 0.3) is 0 Å². The second-order valence-corrected chi connectivity index (χ2v) is 7.19. The summed E-state index contributed by atoms with van der Waals surface area (Å²) in [4.78, 5) is 8.09. The third-order valence-electron chi connectivity index (χ3n) is 4.02. The van der Waals surface area contributed by atoms with Gasteiger partial charge in [-0.2, -0.15) is 0 Å². The maximum absolute atomic E-state index is 10.4. The number of nitrogens with zero attached hydrogens (tertiary/aromatic N) is 2. The molecule has 0 bridgehead atoms. The van der Waals surface area contributed by atoms with Crippen molar-refractivity contribution in [2.24, 2.45) is 0 Å². The van der Waals surface area contributed by atoms with Crippen molar-refractivity contribution < 1.29 is 5.11 Å². The predicted octanol–water partition coefficient (Wildman–Crippen LogP) is 2.76. The quantitative estimate of drug-likeness (QED) is 0.890. The molecule has 4 heteroatoms. The Morgan fingerprint density at radius 3 is 2.83 bits per heavy atom. The van der Waals surface area contributed by atoms with Crippen molar-refractivity contribution in [3.63, 3.8) is 0 Å². The van der Waals surface area contributed by atoms with Crippen molar-refractivity contribution in [3.8, 4) is 0 Å². The molecule has 0 aliphatic heterocycles. The van der Waals surface area contributed by atoms with Crippen molar-refractivity contribution in [3.05, 3.63) is 16.1 Å². The van der Waals surface area contributed by atoms with Crippen LogP contribution in [0.4, 0.5) is 0 Å². The van der Waals surface area contributed by atoms with Crippen LogP contribution in [0.3, 0.4) is 0 Å². The van der Waals surface area contributed by atoms with Crippen LogP contribution in [0, 0.1) is 0 Å². The van der Waals surface area contributed by atoms with E-state index in [1.54, 1.807) is 0 Å². The standard InChI is InChI=1S/C14H22N2OS/c1-16(10-14(17)6-2-3-7-14)9-12-8-15-13(18-12)11-4-5-11/h8,11,17H,2-7,9-10H2,1H3. The van der Waals surface area contributed by atoms with Crippen molar-refractivity contribution in [2.75, 3.05) is 13.6 Å². The number of thiazole rings is 1. The van der Waals surface area contributed by atoms with Gasteiger partial charge in [0.2, 0.25) is 0 Å². The van der Waals surface area contributed by atoms with Gasteiger partial charge in [0.05, 0.1) is 10.6 Å². The van der Waals surface area contributed by atoms with Gasteiger partial charge in [-0.1, -0.05) is 12.8 Å². The number of aromatic nitrogens is 1. The van der Waals surface area contributed by atoms with Crippen LogP contribution in [0.2, 0.25) is 0 Å². The van der Waals surface area contributed by atoms with Gasteiger partial charge in [0, 0.05) is 30.1 Å². The molecule has 3 nitrogen and oxygen atoms in total. The summed E-state index contributed by atoms with van der Waals surface area (Å²) < 4.78 is 0. The van der Waals surface area contributed by atoms with Gasteiger partial charge in [-0.15, -0.1) is 11.3 Å². The molecule has 2 aliphatic carbocycles. The van der Waals surface area contributed by atoms with E-state index in [0.29, 0.717) is 0 Å². The van der Waals surface area contributed by atoms with Crippen LogP contribution in [0.15, 0.2) is 6.20 Å². The summed E-state index contributed by atoms with van der Waals surface area (Å²) in [6.07, 6.45) is 8.95. The molecule has 100 valence electrons. The summed E-state index contributed by atoms with van der Waals surface area (Å²) in [6.45, 7) is 1.72. The van der Waals surface area contributed by atoms with E-state index in [2.05, 4.69) is 16.9 Å². The topological polar surface area (TPSA) is 36.4 Å². The minimum Gasteiger partial charge on any atom is -0.389 e. The maximum atomic E-state index is 10.4. The fourth-order valence-electron chi connectivity index (χ4n) is 2.93. The van der Waals surface area contributed by atoms with Gasteiger partial charge in [0.1, 0.15) is 0 Å². The van der Waals surface area contributed by atoms with E-state index in [1.807, 2.05) is 17.5 Å². The number of rotatable bonds is 5. The third-order valence-corrected chi connectivity index (χ3v) is 5.17. The average Bonchev–Trinajstić information content (AvgIpc) is 2.93. The van der Waals surface area contributed by atoms with E-state index in [0.717, 1.165) is 31.8 Å². The number of hydrogen-bond acceptors (Lipinski definition) is 4. The highest BCUT2D eigenvalue weighted by Crippen LogP contribution is 2.41. The van der Waals surface area contributed by atoms with E-state index >= 15 is 0 Å². The predicted molar refractivity (Wildman–Crippen MR) is 73.8 cm³/mol. The number of likely N-dealkylation sites (N-methyl/N-ethyl adjacent to an activating group) is 1. The molecule has 2 saturated carbocycles. The van der Waals surface area contributed by atoms with Crippen molar-refractivity contribution in [1.29, 1.82) is 0 Å². The molecule has 18 heavy (non-hydrogen) atoms. The van der Waals surface area contributed by atoms with Crippen LogP contribution >= 0.6 is 11.3 Å². The monoisotopic (exact) mass is 266 g/mol. The Bertz CT molecular complexity index is 408. The summed E-state index contributed by atoms with van der Waals surface area (Å²) in [7, 11) is 2.10. The van der Waals surface area contributed by atoms with E-state index < -0.39 is 5.60 Å². The molecule has 1 heterocycles. The summed E-state index contributed by atoms with van der Waals surface area (Å²) in [6, 6.07) is 0. The second kappa shape index (κ2) is 4.91. The van der Waals surface area contributed by atoms with Crippen molar-refractivity contribution in [2.45, 2.75) is 56.6 Å². The van der Waals surface area contributed by atoms with Crippen molar-refractivity contribution in [1.82, 2.24) is 9.88 Å². The Balaban J connectivity index is 1.54. The zero-order chi connectivity index (χ0) is 12.6. The lowest BCUT2D eigenvalue weighted by Crippen LogP contribution is -2.38. The molecule has 0 amide bonds. The van der Waals surface area contributed by atoms with Crippen LogP contribution in [0.1, 0.15) is 54.3 Å². The van der Waals surface area contributed by atoms with Gasteiger partial charge in [0.15, 0.2) is 0 Å². The summed E-state index contributed by atoms with van der Waals surface area (Å²) in [5.74, 6) is 0.757. The highest BCUT2D eigenvalue weighted by Gasteiger charge is 2.32. The number of aliphatic hydroxyl groups is 1. The fourth-order valence-corrected chi connectivity index (χ4v) is 4.10. The zero-order valence-electron chi connectivity index (χ0n) is 11.1. The SMILES string of the molecule is CN(Cc1cnc(C2CC2)s1)CC1(O)CCCC1. The van der Waals surface area contributed by atoms with Crippen LogP contribution in [-0.4, -0.2) is 34.2 Å². The lowest BCUT2D eigenvalue weighted by molar-refractivity contribution is 0.0147. The Morgan fingerprint density at radius 1 is 1.44 bits per heavy atom. The third kappa shape index (κ3) is 2.92. The molecule has 0 atom stereocenters. The van der Waals surface area contributed by atoms with Gasteiger partial charge < -0.3 is 5.11 Å². The summed E-state index contributed by atoms with van der Waals surface area (Å²) in [5, 5.41) is 11.7. The molecule has 1 aromatic rings. The first kappa shape index (κ1) is 12.6. The Labute approximate surface area is 113 Å². The summed E-state index contributed by atoms with van der Waals surface area (Å²) >= 11 is 1.85. The molecule has 0 unspecified atom stereocenters. The first-order valence-electron chi connectivity index (χ1n) is 7.00. The Kier molecular flexibility index (Phi) is 3.43. The Hall–Kier alpha value is -0.450. The minimum atomic E-state index is -0.432. The smallest absolute Gasteiger partial charge is 0.0959 e. The molecule has 0 aromatic carbocycles. The second-order valence-electron chi connectivity index (χ2n) is 6.04. The molecular formula is C14H22N2OS. The molecule has 2 aliphatic rings. The molecule has 2 fully saturated rings. The van der Waals surface area contributed by atoms with E-state index in [-0.39, 0.29) is 0 Å². The molecule has 1 N–H and O–H groups in total. The highest BCUT2D eigenvalue weighted by molar-refractivity contribution is 7.11. The van der Waals surface area contributed by atoms with Crippen LogP contribution in [0.25, 0.3) is 0 Å². The normalized spacial score (nSPS) is 22.8. The van der Waals surface area contributed by atoms with E-state index in [4.69, 9.17) is 0 Å². The zero-order valence-corrected chi connectivity index (χ0v) is 11.9. The summed E-state index contributed by atoms with van der Waals surface area (Å²) in [5.41, 5.74) is -0.432. The van der Waals surface area contributed by atoms with Crippen molar-refractivity contribution >= 4 is 11.3 Å². The Morgan fingerprint density at radius 2 is 2.17 bits per heavy atom. The highest BCUT2D eigenvalue weighted by atomic mass is 32.1. The van der Waals surface area contributed by atoms with Crippen LogP contribution < -0.4 is 0 Å². The number of hydrogen-bond donors (Lipinski definition) is 1. The fraction of sp³-hybridized carbons (Fsp3) is 0.786. The van der Waals surface area contributed by atoms with Gasteiger partial charge >= 0.3 is 0 Å². The lowest BCUT2D eigenvalue weighted by atomic mass is 10.0. The van der Waals surface area contributed by atoms with Crippen LogP contribution in [0.5, 0.6) is 0 Å². The van der Waals surface area contributed by atoms with Gasteiger partial charge in [-0.05, 0) is 32.7 Å². The largest absolute Gasteiger partial charge is 0.389 e. The first-order valence-corrected chi connectivity index (χ1v) is 7.82. The minimum absolute atomic E-state index is 0.432. The molecule has 0 spiro atoms. The molecule has 1 aromatic heterocycles. The molecule has 3 rings (SSSR count).